The molecule has 0 unspecified atom stereocenters. The average Bonchev–Trinajstić information content (AvgIpc) is 2.92. The van der Waals surface area contributed by atoms with Gasteiger partial charge in [0.25, 0.3) is 5.56 Å². The molecule has 2 heterocycles. The first-order chi connectivity index (χ1) is 11.8. The van der Waals surface area contributed by atoms with Crippen molar-refractivity contribution in [3.63, 3.8) is 0 Å². The third-order valence-corrected chi connectivity index (χ3v) is 5.05. The van der Waals surface area contributed by atoms with E-state index in [1.807, 2.05) is 33.1 Å². The van der Waals surface area contributed by atoms with Crippen molar-refractivity contribution in [1.29, 1.82) is 0 Å². The van der Waals surface area contributed by atoms with E-state index >= 15 is 0 Å². The minimum absolute atomic E-state index is 0.0742. The number of carbonyl (C=O) groups is 1. The standard InChI is InChI=1S/C19H21N3O2S/c1-11-7-13(3)18-15(8-11)12(2)9-17(24)22(18)6-5-16(23)21-19-20-14(4)10-25-19/h7-10H,5-6H2,1-4H3,(H,20,21,23). The van der Waals surface area contributed by atoms with Crippen LogP contribution in [-0.2, 0) is 11.3 Å². The molecule has 0 spiro atoms. The van der Waals surface area contributed by atoms with Gasteiger partial charge in [0.05, 0.1) is 11.2 Å². The number of benzene rings is 1. The molecule has 1 N–H and O–H groups in total. The minimum Gasteiger partial charge on any atom is -0.307 e. The highest BCUT2D eigenvalue weighted by Gasteiger charge is 2.12. The third kappa shape index (κ3) is 3.64. The highest BCUT2D eigenvalue weighted by atomic mass is 32.1. The Labute approximate surface area is 150 Å². The number of carbonyl (C=O) groups excluding carboxylic acids is 1. The topological polar surface area (TPSA) is 64.0 Å². The molecule has 25 heavy (non-hydrogen) atoms. The van der Waals surface area contributed by atoms with Gasteiger partial charge < -0.3 is 9.88 Å². The molecule has 1 amide bonds. The maximum absolute atomic E-state index is 12.5. The molecule has 2 aromatic heterocycles. The first kappa shape index (κ1) is 17.4. The van der Waals surface area contributed by atoms with Crippen LogP contribution in [0, 0.1) is 27.7 Å². The molecule has 0 aliphatic heterocycles. The number of thiazole rings is 1. The Morgan fingerprint density at radius 1 is 1.16 bits per heavy atom. The summed E-state index contributed by atoms with van der Waals surface area (Å²) >= 11 is 1.40. The second-order valence-corrected chi connectivity index (χ2v) is 7.25. The Morgan fingerprint density at radius 2 is 1.92 bits per heavy atom. The molecule has 0 bridgehead atoms. The van der Waals surface area contributed by atoms with Crippen LogP contribution in [0.15, 0.2) is 28.4 Å². The second kappa shape index (κ2) is 6.80. The molecule has 0 fully saturated rings. The fourth-order valence-corrected chi connectivity index (χ4v) is 3.80. The normalized spacial score (nSPS) is 11.0. The lowest BCUT2D eigenvalue weighted by Crippen LogP contribution is -2.24. The largest absolute Gasteiger partial charge is 0.307 e. The number of aromatic nitrogens is 2. The molecule has 6 heteroatoms. The lowest BCUT2D eigenvalue weighted by atomic mass is 10.0. The maximum Gasteiger partial charge on any atom is 0.251 e. The van der Waals surface area contributed by atoms with Crippen LogP contribution in [0.1, 0.15) is 28.8 Å². The number of nitrogens with one attached hydrogen (secondary N) is 1. The fraction of sp³-hybridized carbons (Fsp3) is 0.316. The van der Waals surface area contributed by atoms with E-state index in [9.17, 15) is 9.59 Å². The Kier molecular flexibility index (Phi) is 4.72. The van der Waals surface area contributed by atoms with Crippen molar-refractivity contribution < 1.29 is 4.79 Å². The van der Waals surface area contributed by atoms with Gasteiger partial charge in [0.15, 0.2) is 5.13 Å². The van der Waals surface area contributed by atoms with E-state index in [2.05, 4.69) is 22.4 Å². The molecule has 1 aromatic carbocycles. The second-order valence-electron chi connectivity index (χ2n) is 6.39. The van der Waals surface area contributed by atoms with Crippen LogP contribution >= 0.6 is 11.3 Å². The molecule has 130 valence electrons. The first-order valence-corrected chi connectivity index (χ1v) is 9.06. The van der Waals surface area contributed by atoms with Gasteiger partial charge in [-0.15, -0.1) is 11.3 Å². The molecular formula is C19H21N3O2S. The Balaban J connectivity index is 1.88. The van der Waals surface area contributed by atoms with E-state index in [4.69, 9.17) is 0 Å². The van der Waals surface area contributed by atoms with Gasteiger partial charge in [0.2, 0.25) is 5.91 Å². The fourth-order valence-electron chi connectivity index (χ4n) is 3.10. The smallest absolute Gasteiger partial charge is 0.251 e. The Hall–Kier alpha value is -2.47. The number of pyridine rings is 1. The number of hydrogen-bond acceptors (Lipinski definition) is 4. The predicted octanol–water partition coefficient (Wildman–Crippen LogP) is 3.72. The van der Waals surface area contributed by atoms with Crippen molar-refractivity contribution in [3.8, 4) is 0 Å². The summed E-state index contributed by atoms with van der Waals surface area (Å²) in [5.74, 6) is -0.139. The van der Waals surface area contributed by atoms with Crippen molar-refractivity contribution in [2.45, 2.75) is 40.7 Å². The molecule has 0 saturated carbocycles. The summed E-state index contributed by atoms with van der Waals surface area (Å²) in [6, 6.07) is 5.80. The number of hydrogen-bond donors (Lipinski definition) is 1. The minimum atomic E-state index is -0.139. The van der Waals surface area contributed by atoms with Crippen LogP contribution < -0.4 is 10.9 Å². The number of fused-ring (bicyclic) bond motifs is 1. The number of aryl methyl sites for hydroxylation is 5. The van der Waals surface area contributed by atoms with Gasteiger partial charge in [-0.2, -0.15) is 0 Å². The van der Waals surface area contributed by atoms with Gasteiger partial charge in [0.1, 0.15) is 0 Å². The molecule has 3 aromatic rings. The molecule has 0 aliphatic rings. The predicted molar refractivity (Wildman–Crippen MR) is 103 cm³/mol. The molecule has 0 aliphatic carbocycles. The van der Waals surface area contributed by atoms with Crippen LogP contribution in [0.25, 0.3) is 10.9 Å². The molecule has 3 rings (SSSR count). The zero-order chi connectivity index (χ0) is 18.1. The average molecular weight is 355 g/mol. The molecule has 0 atom stereocenters. The lowest BCUT2D eigenvalue weighted by molar-refractivity contribution is -0.116. The summed E-state index contributed by atoms with van der Waals surface area (Å²) in [5, 5.41) is 6.33. The molecular weight excluding hydrogens is 334 g/mol. The molecule has 0 saturated heterocycles. The van der Waals surface area contributed by atoms with Crippen LogP contribution in [0.4, 0.5) is 5.13 Å². The number of nitrogens with zero attached hydrogens (tertiary/aromatic N) is 2. The Morgan fingerprint density at radius 3 is 2.60 bits per heavy atom. The van der Waals surface area contributed by atoms with Crippen LogP contribution in [0.5, 0.6) is 0 Å². The third-order valence-electron chi connectivity index (χ3n) is 4.17. The van der Waals surface area contributed by atoms with Crippen LogP contribution in [0.3, 0.4) is 0 Å². The van der Waals surface area contributed by atoms with E-state index in [1.54, 1.807) is 10.6 Å². The first-order valence-electron chi connectivity index (χ1n) is 8.18. The molecule has 0 radical (unpaired) electrons. The van der Waals surface area contributed by atoms with Gasteiger partial charge in [0, 0.05) is 29.8 Å². The van der Waals surface area contributed by atoms with E-state index < -0.39 is 0 Å². The zero-order valence-electron chi connectivity index (χ0n) is 14.8. The SMILES string of the molecule is Cc1cc(C)c2c(c1)c(C)cc(=O)n2CCC(=O)Nc1nc(C)cs1. The quantitative estimate of drug-likeness (QED) is 0.776. The zero-order valence-corrected chi connectivity index (χ0v) is 15.7. The number of amides is 1. The van der Waals surface area contributed by atoms with Crippen molar-refractivity contribution in [3.05, 3.63) is 56.3 Å². The lowest BCUT2D eigenvalue weighted by Gasteiger charge is -2.15. The summed E-state index contributed by atoms with van der Waals surface area (Å²) < 4.78 is 1.70. The highest BCUT2D eigenvalue weighted by Crippen LogP contribution is 2.22. The van der Waals surface area contributed by atoms with Gasteiger partial charge in [-0.25, -0.2) is 4.98 Å². The van der Waals surface area contributed by atoms with E-state index in [0.29, 0.717) is 11.7 Å². The van der Waals surface area contributed by atoms with Crippen molar-refractivity contribution >= 4 is 33.3 Å². The Bertz CT molecular complexity index is 1020. The van der Waals surface area contributed by atoms with E-state index in [1.165, 1.54) is 11.3 Å². The van der Waals surface area contributed by atoms with Crippen LogP contribution in [0.2, 0.25) is 0 Å². The van der Waals surface area contributed by atoms with Crippen molar-refractivity contribution in [2.24, 2.45) is 0 Å². The highest BCUT2D eigenvalue weighted by molar-refractivity contribution is 7.13. The van der Waals surface area contributed by atoms with E-state index in [0.717, 1.165) is 33.3 Å². The summed E-state index contributed by atoms with van der Waals surface area (Å²) in [7, 11) is 0. The van der Waals surface area contributed by atoms with Gasteiger partial charge >= 0.3 is 0 Å². The van der Waals surface area contributed by atoms with Crippen LogP contribution in [-0.4, -0.2) is 15.5 Å². The monoisotopic (exact) mass is 355 g/mol. The molecule has 5 nitrogen and oxygen atoms in total. The maximum atomic E-state index is 12.5. The summed E-state index contributed by atoms with van der Waals surface area (Å²) in [6.07, 6.45) is 0.226. The van der Waals surface area contributed by atoms with E-state index in [-0.39, 0.29) is 17.9 Å². The van der Waals surface area contributed by atoms with Gasteiger partial charge in [-0.1, -0.05) is 11.6 Å². The number of anilines is 1. The van der Waals surface area contributed by atoms with Crippen molar-refractivity contribution in [2.75, 3.05) is 5.32 Å². The van der Waals surface area contributed by atoms with Gasteiger partial charge in [-0.05, 0) is 44.9 Å². The summed E-state index contributed by atoms with van der Waals surface area (Å²) in [5.41, 5.74) is 4.89. The summed E-state index contributed by atoms with van der Waals surface area (Å²) in [6.45, 7) is 8.23. The summed E-state index contributed by atoms with van der Waals surface area (Å²) in [4.78, 5) is 28.9. The van der Waals surface area contributed by atoms with Crippen molar-refractivity contribution in [1.82, 2.24) is 9.55 Å². The number of rotatable bonds is 4. The van der Waals surface area contributed by atoms with Gasteiger partial charge in [-0.3, -0.25) is 9.59 Å².